The van der Waals surface area contributed by atoms with Crippen LogP contribution in [0.4, 0.5) is 0 Å². The molecule has 86 valence electrons. The maximum atomic E-state index is 11.5. The fourth-order valence-electron chi connectivity index (χ4n) is 1.16. The molecule has 0 saturated heterocycles. The number of carbonyl (C=O) groups is 1. The highest BCUT2D eigenvalue weighted by Gasteiger charge is 2.18. The first-order valence-electron chi connectivity index (χ1n) is 4.52. The molecule has 0 N–H and O–H groups in total. The van der Waals surface area contributed by atoms with Gasteiger partial charge >= 0.3 is 5.97 Å². The Morgan fingerprint density at radius 2 is 2.20 bits per heavy atom. The van der Waals surface area contributed by atoms with Gasteiger partial charge in [0.2, 0.25) is 0 Å². The van der Waals surface area contributed by atoms with Crippen molar-refractivity contribution < 1.29 is 9.53 Å². The van der Waals surface area contributed by atoms with Gasteiger partial charge in [0, 0.05) is 0 Å². The molecule has 1 aromatic rings. The van der Waals surface area contributed by atoms with E-state index in [2.05, 4.69) is 0 Å². The number of thiophene rings is 1. The van der Waals surface area contributed by atoms with E-state index in [0.717, 1.165) is 5.56 Å². The van der Waals surface area contributed by atoms with E-state index in [9.17, 15) is 4.79 Å². The summed E-state index contributed by atoms with van der Waals surface area (Å²) in [7, 11) is 0. The minimum absolute atomic E-state index is 0. The third-order valence-corrected chi connectivity index (χ3v) is 3.07. The summed E-state index contributed by atoms with van der Waals surface area (Å²) in [6, 6.07) is 1.84. The molecule has 0 radical (unpaired) electrons. The van der Waals surface area contributed by atoms with Crippen molar-refractivity contribution in [1.82, 2.24) is 0 Å². The van der Waals surface area contributed by atoms with Crippen molar-refractivity contribution in [1.29, 1.82) is 0 Å². The van der Waals surface area contributed by atoms with Gasteiger partial charge in [0.05, 0.1) is 10.9 Å². The molecule has 0 amide bonds. The van der Waals surface area contributed by atoms with Crippen LogP contribution in [0.25, 0.3) is 0 Å². The van der Waals surface area contributed by atoms with Crippen LogP contribution in [0.1, 0.15) is 41.9 Å². The number of rotatable bonds is 3. The molecular formula is C10H14Cl2O2S. The van der Waals surface area contributed by atoms with E-state index in [1.807, 2.05) is 19.9 Å². The van der Waals surface area contributed by atoms with Crippen molar-refractivity contribution in [2.75, 3.05) is 6.61 Å². The van der Waals surface area contributed by atoms with Crippen LogP contribution >= 0.6 is 35.3 Å². The summed E-state index contributed by atoms with van der Waals surface area (Å²) < 4.78 is 5.58. The minimum Gasteiger partial charge on any atom is -0.462 e. The van der Waals surface area contributed by atoms with Gasteiger partial charge < -0.3 is 4.74 Å². The molecule has 0 spiro atoms. The van der Waals surface area contributed by atoms with Crippen LogP contribution in [0, 0.1) is 0 Å². The Hall–Kier alpha value is -0.250. The maximum Gasteiger partial charge on any atom is 0.348 e. The first-order valence-corrected chi connectivity index (χ1v) is 5.72. The van der Waals surface area contributed by atoms with E-state index in [1.54, 1.807) is 6.92 Å². The van der Waals surface area contributed by atoms with Crippen LogP contribution in [-0.2, 0) is 4.74 Å². The van der Waals surface area contributed by atoms with Gasteiger partial charge in [0.15, 0.2) is 0 Å². The van der Waals surface area contributed by atoms with E-state index >= 15 is 0 Å². The molecule has 0 saturated carbocycles. The zero-order valence-corrected chi connectivity index (χ0v) is 11.3. The minimum atomic E-state index is -0.270. The largest absolute Gasteiger partial charge is 0.462 e. The normalized spacial score (nSPS) is 9.93. The highest BCUT2D eigenvalue weighted by atomic mass is 35.5. The van der Waals surface area contributed by atoms with Crippen molar-refractivity contribution >= 4 is 41.3 Å². The summed E-state index contributed by atoms with van der Waals surface area (Å²) in [5.74, 6) is 0.0197. The highest BCUT2D eigenvalue weighted by molar-refractivity contribution is 7.18. The molecule has 0 aromatic carbocycles. The van der Waals surface area contributed by atoms with Crippen LogP contribution < -0.4 is 0 Å². The van der Waals surface area contributed by atoms with Gasteiger partial charge in [-0.3, -0.25) is 0 Å². The van der Waals surface area contributed by atoms with Gasteiger partial charge in [-0.05, 0) is 24.5 Å². The van der Waals surface area contributed by atoms with E-state index in [4.69, 9.17) is 16.3 Å². The zero-order chi connectivity index (χ0) is 10.7. The summed E-state index contributed by atoms with van der Waals surface area (Å²) in [6.45, 7) is 6.25. The Balaban J connectivity index is 0.00000196. The molecule has 1 rings (SSSR count). The summed E-state index contributed by atoms with van der Waals surface area (Å²) >= 11 is 7.15. The van der Waals surface area contributed by atoms with E-state index in [0.29, 0.717) is 15.8 Å². The van der Waals surface area contributed by atoms with Gasteiger partial charge in [-0.15, -0.1) is 23.7 Å². The lowest BCUT2D eigenvalue weighted by molar-refractivity contribution is 0.0530. The smallest absolute Gasteiger partial charge is 0.348 e. The Labute approximate surface area is 105 Å². The first-order chi connectivity index (χ1) is 6.56. The lowest BCUT2D eigenvalue weighted by atomic mass is 10.0. The average Bonchev–Trinajstić information content (AvgIpc) is 2.48. The standard InChI is InChI=1S/C10H13ClO2S.ClH/c1-4-13-10(12)9-7(6(2)3)5-8(11)14-9;/h5-6H,4H2,1-3H3;1H. The predicted octanol–water partition coefficient (Wildman–Crippen LogP) is 4.12. The van der Waals surface area contributed by atoms with Crippen molar-refractivity contribution in [3.63, 3.8) is 0 Å². The fourth-order valence-corrected chi connectivity index (χ4v) is 2.44. The van der Waals surface area contributed by atoms with Gasteiger partial charge in [-0.2, -0.15) is 0 Å². The monoisotopic (exact) mass is 268 g/mol. The number of hydrogen-bond donors (Lipinski definition) is 0. The lowest BCUT2D eigenvalue weighted by Gasteiger charge is -2.05. The quantitative estimate of drug-likeness (QED) is 0.771. The first kappa shape index (κ1) is 14.8. The summed E-state index contributed by atoms with van der Waals surface area (Å²) in [4.78, 5) is 12.1. The molecule has 1 heterocycles. The van der Waals surface area contributed by atoms with Crippen LogP contribution in [0.15, 0.2) is 6.07 Å². The van der Waals surface area contributed by atoms with Crippen molar-refractivity contribution in [3.05, 3.63) is 20.8 Å². The second-order valence-electron chi connectivity index (χ2n) is 3.21. The molecule has 0 fully saturated rings. The van der Waals surface area contributed by atoms with Crippen LogP contribution in [0.5, 0.6) is 0 Å². The average molecular weight is 269 g/mol. The Morgan fingerprint density at radius 1 is 1.60 bits per heavy atom. The molecule has 5 heteroatoms. The molecule has 15 heavy (non-hydrogen) atoms. The Bertz CT molecular complexity index is 334. The van der Waals surface area contributed by atoms with Crippen LogP contribution in [0.3, 0.4) is 0 Å². The number of esters is 1. The molecule has 0 atom stereocenters. The van der Waals surface area contributed by atoms with Crippen molar-refractivity contribution in [2.45, 2.75) is 26.7 Å². The lowest BCUT2D eigenvalue weighted by Crippen LogP contribution is -2.05. The molecule has 0 bridgehead atoms. The molecule has 0 aliphatic carbocycles. The highest BCUT2D eigenvalue weighted by Crippen LogP contribution is 2.32. The zero-order valence-electron chi connectivity index (χ0n) is 8.87. The molecule has 2 nitrogen and oxygen atoms in total. The van der Waals surface area contributed by atoms with Gasteiger partial charge in [-0.1, -0.05) is 25.4 Å². The summed E-state index contributed by atoms with van der Waals surface area (Å²) in [5.41, 5.74) is 0.971. The Morgan fingerprint density at radius 3 is 2.67 bits per heavy atom. The van der Waals surface area contributed by atoms with Crippen molar-refractivity contribution in [3.8, 4) is 0 Å². The van der Waals surface area contributed by atoms with Gasteiger partial charge in [0.25, 0.3) is 0 Å². The van der Waals surface area contributed by atoms with Gasteiger partial charge in [0.1, 0.15) is 4.88 Å². The summed E-state index contributed by atoms with van der Waals surface area (Å²) in [6.07, 6.45) is 0. The van der Waals surface area contributed by atoms with E-state index in [1.165, 1.54) is 11.3 Å². The van der Waals surface area contributed by atoms with Crippen molar-refractivity contribution in [2.24, 2.45) is 0 Å². The molecule has 0 unspecified atom stereocenters. The van der Waals surface area contributed by atoms with E-state index < -0.39 is 0 Å². The topological polar surface area (TPSA) is 26.3 Å². The van der Waals surface area contributed by atoms with E-state index in [-0.39, 0.29) is 24.3 Å². The number of carbonyl (C=O) groups excluding carboxylic acids is 1. The third-order valence-electron chi connectivity index (χ3n) is 1.81. The molecule has 0 aliphatic heterocycles. The molecule has 1 aromatic heterocycles. The second-order valence-corrected chi connectivity index (χ2v) is 4.89. The van der Waals surface area contributed by atoms with Crippen LogP contribution in [-0.4, -0.2) is 12.6 Å². The molecule has 0 aliphatic rings. The molecular weight excluding hydrogens is 255 g/mol. The predicted molar refractivity (Wildman–Crippen MR) is 66.6 cm³/mol. The number of halogens is 2. The fraction of sp³-hybridized carbons (Fsp3) is 0.500. The second kappa shape index (κ2) is 6.36. The SMILES string of the molecule is CCOC(=O)c1sc(Cl)cc1C(C)C.Cl. The maximum absolute atomic E-state index is 11.5. The number of hydrogen-bond acceptors (Lipinski definition) is 3. The third kappa shape index (κ3) is 3.67. The summed E-state index contributed by atoms with van der Waals surface area (Å²) in [5, 5.41) is 0. The van der Waals surface area contributed by atoms with Gasteiger partial charge in [-0.25, -0.2) is 4.79 Å². The van der Waals surface area contributed by atoms with Crippen LogP contribution in [0.2, 0.25) is 4.34 Å². The number of ether oxygens (including phenoxy) is 1. The Kier molecular flexibility index (Phi) is 6.25.